The van der Waals surface area contributed by atoms with Crippen molar-refractivity contribution in [3.05, 3.63) is 57.6 Å². The van der Waals surface area contributed by atoms with Gasteiger partial charge in [0.05, 0.1) is 21.5 Å². The average Bonchev–Trinajstić information content (AvgIpc) is 3.30. The van der Waals surface area contributed by atoms with Gasteiger partial charge in [-0.1, -0.05) is 29.3 Å². The van der Waals surface area contributed by atoms with Gasteiger partial charge in [0, 0.05) is 30.5 Å². The van der Waals surface area contributed by atoms with Gasteiger partial charge in [-0.25, -0.2) is 8.78 Å². The molecular formula is C22H15Cl4F5N2O3. The summed E-state index contributed by atoms with van der Waals surface area (Å²) in [6.45, 7) is 0. The Balaban J connectivity index is 1.45. The quantitative estimate of drug-likeness (QED) is 0.282. The van der Waals surface area contributed by atoms with E-state index in [4.69, 9.17) is 46.4 Å². The predicted octanol–water partition coefficient (Wildman–Crippen LogP) is 6.95. The molecule has 194 valence electrons. The van der Waals surface area contributed by atoms with Crippen molar-refractivity contribution in [1.29, 1.82) is 0 Å². The van der Waals surface area contributed by atoms with Crippen LogP contribution in [-0.2, 0) is 4.79 Å². The second-order valence-electron chi connectivity index (χ2n) is 8.49. The van der Waals surface area contributed by atoms with Crippen LogP contribution in [0.2, 0.25) is 10.0 Å². The summed E-state index contributed by atoms with van der Waals surface area (Å²) in [4.78, 5) is 25.3. The van der Waals surface area contributed by atoms with Crippen molar-refractivity contribution in [2.24, 2.45) is 5.92 Å². The summed E-state index contributed by atoms with van der Waals surface area (Å²) in [5.41, 5.74) is 0.440. The Morgan fingerprint density at radius 1 is 1.00 bits per heavy atom. The first kappa shape index (κ1) is 27.0. The Bertz CT molecular complexity index is 1220. The fourth-order valence-corrected chi connectivity index (χ4v) is 5.27. The van der Waals surface area contributed by atoms with Crippen LogP contribution in [0.3, 0.4) is 0 Å². The van der Waals surface area contributed by atoms with E-state index in [0.717, 1.165) is 6.07 Å². The molecule has 14 heteroatoms. The zero-order chi connectivity index (χ0) is 26.6. The van der Waals surface area contributed by atoms with E-state index in [9.17, 15) is 31.5 Å². The number of benzene rings is 2. The Morgan fingerprint density at radius 2 is 1.67 bits per heavy atom. The topological polar surface area (TPSA) is 67.4 Å². The smallest absolute Gasteiger partial charge is 0.404 e. The van der Waals surface area contributed by atoms with Crippen LogP contribution >= 0.6 is 46.4 Å². The fourth-order valence-electron chi connectivity index (χ4n) is 4.01. The summed E-state index contributed by atoms with van der Waals surface area (Å²) in [6.07, 6.45) is -5.89. The number of alkyl halides is 7. The number of anilines is 1. The van der Waals surface area contributed by atoms with E-state index in [1.54, 1.807) is 0 Å². The molecule has 2 fully saturated rings. The number of rotatable bonds is 6. The van der Waals surface area contributed by atoms with Gasteiger partial charge in [-0.05, 0) is 35.9 Å². The minimum atomic E-state index is -4.94. The standard InChI is InChI=1S/C22H15Cl4F5N2O3/c23-13-3-2-10(6-12(13)18(34)33-11-7-20(27,28)8-11)32-19(35)17-16(21(17,25)26)9-1-4-15(14(24)5-9)36-22(29,30)31/h1-6,11,16-17H,7-8H2,(H,32,35)(H,33,34)/t16-,17+/m0/s1. The summed E-state index contributed by atoms with van der Waals surface area (Å²) in [5.74, 6) is -6.55. The molecule has 2 aliphatic carbocycles. The third-order valence-electron chi connectivity index (χ3n) is 5.78. The van der Waals surface area contributed by atoms with E-state index in [1.807, 2.05) is 0 Å². The lowest BCUT2D eigenvalue weighted by Gasteiger charge is -2.35. The number of hydrogen-bond donors (Lipinski definition) is 2. The Morgan fingerprint density at radius 3 is 2.25 bits per heavy atom. The number of amides is 2. The summed E-state index contributed by atoms with van der Waals surface area (Å²) in [7, 11) is 0. The van der Waals surface area contributed by atoms with E-state index in [0.29, 0.717) is 5.56 Å². The van der Waals surface area contributed by atoms with Crippen molar-refractivity contribution in [2.75, 3.05) is 5.32 Å². The lowest BCUT2D eigenvalue weighted by atomic mass is 9.88. The molecule has 2 saturated carbocycles. The van der Waals surface area contributed by atoms with Gasteiger partial charge in [0.25, 0.3) is 11.8 Å². The maximum atomic E-state index is 13.0. The van der Waals surface area contributed by atoms with Gasteiger partial charge in [-0.2, -0.15) is 0 Å². The van der Waals surface area contributed by atoms with Crippen molar-refractivity contribution in [1.82, 2.24) is 5.32 Å². The summed E-state index contributed by atoms with van der Waals surface area (Å²) < 4.78 is 65.7. The van der Waals surface area contributed by atoms with Gasteiger partial charge < -0.3 is 15.4 Å². The van der Waals surface area contributed by atoms with Crippen LogP contribution in [-0.4, -0.2) is 34.5 Å². The zero-order valence-corrected chi connectivity index (χ0v) is 20.8. The maximum absolute atomic E-state index is 13.0. The normalized spacial score (nSPS) is 22.4. The van der Waals surface area contributed by atoms with Crippen molar-refractivity contribution in [3.8, 4) is 5.75 Å². The van der Waals surface area contributed by atoms with Gasteiger partial charge in [0.1, 0.15) is 10.1 Å². The molecule has 0 aromatic heterocycles. The lowest BCUT2D eigenvalue weighted by molar-refractivity contribution is -0.274. The minimum Gasteiger partial charge on any atom is -0.404 e. The molecule has 0 bridgehead atoms. The van der Waals surface area contributed by atoms with E-state index in [2.05, 4.69) is 15.4 Å². The molecule has 0 spiro atoms. The molecule has 5 nitrogen and oxygen atoms in total. The molecule has 0 aliphatic heterocycles. The Hall–Kier alpha value is -2.01. The van der Waals surface area contributed by atoms with Crippen LogP contribution in [0.15, 0.2) is 36.4 Å². The number of carbonyl (C=O) groups excluding carboxylic acids is 2. The van der Waals surface area contributed by atoms with E-state index in [1.165, 1.54) is 30.3 Å². The largest absolute Gasteiger partial charge is 0.573 e. The number of nitrogens with one attached hydrogen (secondary N) is 2. The highest BCUT2D eigenvalue weighted by Gasteiger charge is 2.67. The van der Waals surface area contributed by atoms with E-state index >= 15 is 0 Å². The first-order chi connectivity index (χ1) is 16.6. The molecule has 36 heavy (non-hydrogen) atoms. The first-order valence-corrected chi connectivity index (χ1v) is 11.8. The number of halogens is 9. The molecule has 0 saturated heterocycles. The van der Waals surface area contributed by atoms with Gasteiger partial charge >= 0.3 is 6.36 Å². The SMILES string of the molecule is O=C(NC1CC(F)(F)C1)c1cc(NC(=O)[C@H]2[C@H](c3ccc(OC(F)(F)F)c(Cl)c3)C2(Cl)Cl)ccc1Cl. The molecule has 2 aromatic carbocycles. The van der Waals surface area contributed by atoms with Crippen LogP contribution < -0.4 is 15.4 Å². The fraction of sp³-hybridized carbons (Fsp3) is 0.364. The molecule has 4 rings (SSSR count). The third-order valence-corrected chi connectivity index (χ3v) is 7.35. The van der Waals surface area contributed by atoms with E-state index in [-0.39, 0.29) is 21.3 Å². The van der Waals surface area contributed by atoms with Gasteiger partial charge in [-0.3, -0.25) is 9.59 Å². The average molecular weight is 592 g/mol. The van der Waals surface area contributed by atoms with Gasteiger partial charge in [-0.15, -0.1) is 36.4 Å². The second kappa shape index (κ2) is 9.38. The van der Waals surface area contributed by atoms with Crippen LogP contribution in [0.25, 0.3) is 0 Å². The minimum absolute atomic E-state index is 0.0351. The van der Waals surface area contributed by atoms with Crippen molar-refractivity contribution in [2.45, 2.75) is 41.4 Å². The number of hydrogen-bond acceptors (Lipinski definition) is 3. The maximum Gasteiger partial charge on any atom is 0.573 e. The summed E-state index contributed by atoms with van der Waals surface area (Å²) in [5, 5.41) is 4.71. The zero-order valence-electron chi connectivity index (χ0n) is 17.7. The highest BCUT2D eigenvalue weighted by Crippen LogP contribution is 2.65. The van der Waals surface area contributed by atoms with Gasteiger partial charge in [0.2, 0.25) is 5.91 Å². The van der Waals surface area contributed by atoms with E-state index < -0.39 is 64.9 Å². The highest BCUT2D eigenvalue weighted by atomic mass is 35.5. The third kappa shape index (κ3) is 5.77. The molecule has 2 aromatic rings. The molecule has 0 heterocycles. The van der Waals surface area contributed by atoms with Gasteiger partial charge in [0.15, 0.2) is 0 Å². The van der Waals surface area contributed by atoms with Crippen molar-refractivity contribution < 1.29 is 36.3 Å². The molecule has 0 radical (unpaired) electrons. The molecule has 2 N–H and O–H groups in total. The Kier molecular flexibility index (Phi) is 7.05. The van der Waals surface area contributed by atoms with Crippen molar-refractivity contribution in [3.63, 3.8) is 0 Å². The number of ether oxygens (including phenoxy) is 1. The monoisotopic (exact) mass is 590 g/mol. The highest BCUT2D eigenvalue weighted by molar-refractivity contribution is 6.53. The molecule has 0 unspecified atom stereocenters. The summed E-state index contributed by atoms with van der Waals surface area (Å²) >= 11 is 24.5. The second-order valence-corrected chi connectivity index (χ2v) is 10.7. The van der Waals surface area contributed by atoms with Crippen LogP contribution in [0.1, 0.15) is 34.7 Å². The molecular weight excluding hydrogens is 577 g/mol. The summed E-state index contributed by atoms with van der Waals surface area (Å²) in [6, 6.07) is 6.77. The number of carbonyl (C=O) groups is 2. The lowest BCUT2D eigenvalue weighted by Crippen LogP contribution is -2.50. The molecule has 2 amide bonds. The molecule has 2 atom stereocenters. The molecule has 2 aliphatic rings. The predicted molar refractivity (Wildman–Crippen MR) is 124 cm³/mol. The Labute approximate surface area is 221 Å². The van der Waals surface area contributed by atoms with Crippen molar-refractivity contribution >= 4 is 63.9 Å². The van der Waals surface area contributed by atoms with Crippen LogP contribution in [0.4, 0.5) is 27.6 Å². The van der Waals surface area contributed by atoms with Crippen LogP contribution in [0, 0.1) is 5.92 Å². The first-order valence-electron chi connectivity index (χ1n) is 10.3. The van der Waals surface area contributed by atoms with Crippen LogP contribution in [0.5, 0.6) is 5.75 Å².